The van der Waals surface area contributed by atoms with E-state index >= 15 is 0 Å². The fraction of sp³-hybridized carbons (Fsp3) is 0.500. The molecule has 0 aliphatic heterocycles. The summed E-state index contributed by atoms with van der Waals surface area (Å²) in [6, 6.07) is 12.4. The molecule has 1 unspecified atom stereocenters. The lowest BCUT2D eigenvalue weighted by Crippen LogP contribution is -2.36. The summed E-state index contributed by atoms with van der Waals surface area (Å²) in [5.41, 5.74) is 2.28. The maximum absolute atomic E-state index is 12.8. The Morgan fingerprint density at radius 2 is 2.09 bits per heavy atom. The van der Waals surface area contributed by atoms with Gasteiger partial charge in [-0.2, -0.15) is 5.26 Å². The predicted octanol–water partition coefficient (Wildman–Crippen LogP) is 4.66. The lowest BCUT2D eigenvalue weighted by molar-refractivity contribution is -0.133. The molecule has 0 radical (unpaired) electrons. The van der Waals surface area contributed by atoms with Gasteiger partial charge in [0.05, 0.1) is 12.6 Å². The Morgan fingerprint density at radius 3 is 2.74 bits per heavy atom. The Hall–Kier alpha value is -2.08. The number of carbonyl (C=O) groups excluding carboxylic acids is 1. The molecule has 0 N–H and O–H groups in total. The topological polar surface area (TPSA) is 44.1 Å². The maximum atomic E-state index is 12.8. The van der Waals surface area contributed by atoms with Crippen LogP contribution in [0.3, 0.4) is 0 Å². The van der Waals surface area contributed by atoms with Crippen molar-refractivity contribution in [1.29, 1.82) is 5.26 Å². The van der Waals surface area contributed by atoms with E-state index in [0.29, 0.717) is 18.9 Å². The molecular formula is C20H26N2O. The normalized spacial score (nSPS) is 17.5. The zero-order valence-electron chi connectivity index (χ0n) is 14.2. The van der Waals surface area contributed by atoms with Crippen LogP contribution in [0.2, 0.25) is 0 Å². The van der Waals surface area contributed by atoms with Crippen molar-refractivity contribution in [2.24, 2.45) is 11.8 Å². The molecule has 0 fully saturated rings. The van der Waals surface area contributed by atoms with Crippen LogP contribution in [0.1, 0.15) is 51.5 Å². The molecule has 0 spiro atoms. The largest absolute Gasteiger partial charge is 0.312 e. The number of rotatable bonds is 6. The van der Waals surface area contributed by atoms with Crippen molar-refractivity contribution in [1.82, 2.24) is 4.90 Å². The van der Waals surface area contributed by atoms with E-state index in [-0.39, 0.29) is 11.8 Å². The molecule has 2 rings (SSSR count). The van der Waals surface area contributed by atoms with E-state index in [1.807, 2.05) is 36.9 Å². The fourth-order valence-electron chi connectivity index (χ4n) is 3.16. The summed E-state index contributed by atoms with van der Waals surface area (Å²) in [7, 11) is 0. The Balaban J connectivity index is 2.26. The fourth-order valence-corrected chi connectivity index (χ4v) is 3.16. The van der Waals surface area contributed by atoms with Crippen molar-refractivity contribution in [3.63, 3.8) is 0 Å². The summed E-state index contributed by atoms with van der Waals surface area (Å²) in [5.74, 6) is 0.469. The van der Waals surface area contributed by atoms with Gasteiger partial charge in [-0.3, -0.25) is 4.79 Å². The van der Waals surface area contributed by atoms with Crippen LogP contribution in [-0.4, -0.2) is 10.8 Å². The lowest BCUT2D eigenvalue weighted by Gasteiger charge is -2.34. The lowest BCUT2D eigenvalue weighted by atomic mass is 9.87. The number of benzene rings is 1. The first-order valence-corrected chi connectivity index (χ1v) is 8.55. The molecule has 0 saturated heterocycles. The highest BCUT2D eigenvalue weighted by Gasteiger charge is 2.28. The average molecular weight is 310 g/mol. The zero-order chi connectivity index (χ0) is 16.7. The van der Waals surface area contributed by atoms with Gasteiger partial charge in [0.2, 0.25) is 5.91 Å². The molecule has 1 atom stereocenters. The number of allylic oxidation sites excluding steroid dienone is 2. The van der Waals surface area contributed by atoms with Gasteiger partial charge in [-0.05, 0) is 37.2 Å². The second-order valence-corrected chi connectivity index (χ2v) is 6.52. The van der Waals surface area contributed by atoms with Crippen LogP contribution >= 0.6 is 0 Å². The van der Waals surface area contributed by atoms with Crippen molar-refractivity contribution < 1.29 is 4.79 Å². The second-order valence-electron chi connectivity index (χ2n) is 6.52. The predicted molar refractivity (Wildman–Crippen MR) is 92.1 cm³/mol. The first-order valence-electron chi connectivity index (χ1n) is 8.55. The molecule has 0 bridgehead atoms. The smallest absolute Gasteiger partial charge is 0.229 e. The molecule has 3 heteroatoms. The van der Waals surface area contributed by atoms with Crippen LogP contribution in [-0.2, 0) is 11.3 Å². The number of nitriles is 1. The Morgan fingerprint density at radius 1 is 1.35 bits per heavy atom. The first-order chi connectivity index (χ1) is 11.1. The summed E-state index contributed by atoms with van der Waals surface area (Å²) in [5, 5.41) is 8.90. The summed E-state index contributed by atoms with van der Waals surface area (Å²) in [4.78, 5) is 14.7. The van der Waals surface area contributed by atoms with Gasteiger partial charge in [0.25, 0.3) is 0 Å². The molecule has 0 saturated carbocycles. The summed E-state index contributed by atoms with van der Waals surface area (Å²) in [6.45, 7) is 4.52. The molecule has 1 amide bonds. The third-order valence-electron chi connectivity index (χ3n) is 4.39. The molecule has 122 valence electrons. The monoisotopic (exact) mass is 310 g/mol. The van der Waals surface area contributed by atoms with Crippen LogP contribution in [0.4, 0.5) is 0 Å². The van der Waals surface area contributed by atoms with Crippen LogP contribution < -0.4 is 0 Å². The van der Waals surface area contributed by atoms with Gasteiger partial charge in [0.15, 0.2) is 0 Å². The first kappa shape index (κ1) is 17.3. The van der Waals surface area contributed by atoms with Gasteiger partial charge >= 0.3 is 0 Å². The highest BCUT2D eigenvalue weighted by Crippen LogP contribution is 2.32. The van der Waals surface area contributed by atoms with Crippen LogP contribution in [0.25, 0.3) is 0 Å². The minimum atomic E-state index is -0.0295. The average Bonchev–Trinajstić information content (AvgIpc) is 2.58. The molecule has 1 aromatic carbocycles. The number of hydrogen-bond donors (Lipinski definition) is 0. The summed E-state index contributed by atoms with van der Waals surface area (Å²) in [6.07, 6.45) is 6.86. The third-order valence-corrected chi connectivity index (χ3v) is 4.39. The van der Waals surface area contributed by atoms with Crippen molar-refractivity contribution in [2.45, 2.75) is 52.5 Å². The second kappa shape index (κ2) is 8.53. The van der Waals surface area contributed by atoms with Gasteiger partial charge < -0.3 is 4.90 Å². The molecule has 0 aromatic heterocycles. The quantitative estimate of drug-likeness (QED) is 0.767. The van der Waals surface area contributed by atoms with Gasteiger partial charge in [0.1, 0.15) is 0 Å². The van der Waals surface area contributed by atoms with E-state index in [0.717, 1.165) is 36.9 Å². The van der Waals surface area contributed by atoms with E-state index in [1.54, 1.807) is 0 Å². The van der Waals surface area contributed by atoms with Gasteiger partial charge in [0, 0.05) is 18.0 Å². The molecule has 3 nitrogen and oxygen atoms in total. The Bertz CT molecular complexity index is 583. The highest BCUT2D eigenvalue weighted by atomic mass is 16.2. The van der Waals surface area contributed by atoms with Crippen LogP contribution in [0, 0.1) is 23.2 Å². The van der Waals surface area contributed by atoms with Crippen molar-refractivity contribution in [2.75, 3.05) is 0 Å². The molecule has 1 aliphatic carbocycles. The highest BCUT2D eigenvalue weighted by molar-refractivity contribution is 5.80. The molecular weight excluding hydrogens is 284 g/mol. The minimum absolute atomic E-state index is 0.0295. The van der Waals surface area contributed by atoms with E-state index in [2.05, 4.69) is 24.3 Å². The number of nitrogens with zero attached hydrogens (tertiary/aromatic N) is 2. The summed E-state index contributed by atoms with van der Waals surface area (Å²) < 4.78 is 0. The van der Waals surface area contributed by atoms with Crippen LogP contribution in [0.5, 0.6) is 0 Å². The maximum Gasteiger partial charge on any atom is 0.229 e. The van der Waals surface area contributed by atoms with Gasteiger partial charge in [-0.1, -0.05) is 50.3 Å². The zero-order valence-corrected chi connectivity index (χ0v) is 14.2. The van der Waals surface area contributed by atoms with Crippen molar-refractivity contribution in [3.05, 3.63) is 47.7 Å². The molecule has 0 heterocycles. The molecule has 1 aromatic rings. The number of hydrogen-bond acceptors (Lipinski definition) is 2. The number of amides is 1. The van der Waals surface area contributed by atoms with Gasteiger partial charge in [-0.25, -0.2) is 0 Å². The Kier molecular flexibility index (Phi) is 6.40. The number of carbonyl (C=O) groups is 1. The molecule has 23 heavy (non-hydrogen) atoms. The minimum Gasteiger partial charge on any atom is -0.312 e. The van der Waals surface area contributed by atoms with E-state index in [1.165, 1.54) is 0 Å². The third kappa shape index (κ3) is 4.69. The standard InChI is InChI=1S/C20H26N2O/c1-16(2)20(23)22(15-17-9-4-3-5-10-17)19-13-7-6-11-18(19)12-8-14-21/h3-5,9-10,13,16,18H,6-8,11-12,15H2,1-2H3. The summed E-state index contributed by atoms with van der Waals surface area (Å²) >= 11 is 0. The van der Waals surface area contributed by atoms with Crippen molar-refractivity contribution >= 4 is 5.91 Å². The van der Waals surface area contributed by atoms with Crippen LogP contribution in [0.15, 0.2) is 42.1 Å². The SMILES string of the molecule is CC(C)C(=O)N(Cc1ccccc1)C1=CCCCC1CCC#N. The van der Waals surface area contributed by atoms with Crippen molar-refractivity contribution in [3.8, 4) is 6.07 Å². The van der Waals surface area contributed by atoms with E-state index in [9.17, 15) is 4.79 Å². The van der Waals surface area contributed by atoms with E-state index < -0.39 is 0 Å². The van der Waals surface area contributed by atoms with Gasteiger partial charge in [-0.15, -0.1) is 0 Å². The Labute approximate surface area is 139 Å². The van der Waals surface area contributed by atoms with E-state index in [4.69, 9.17) is 5.26 Å². The molecule has 1 aliphatic rings.